The van der Waals surface area contributed by atoms with E-state index in [1.807, 2.05) is 26.8 Å². The molecule has 0 saturated carbocycles. The van der Waals surface area contributed by atoms with Gasteiger partial charge in [-0.15, -0.1) is 5.10 Å². The van der Waals surface area contributed by atoms with Crippen LogP contribution in [0.15, 0.2) is 52.8 Å². The highest BCUT2D eigenvalue weighted by Gasteiger charge is 2.35. The summed E-state index contributed by atoms with van der Waals surface area (Å²) in [6.45, 7) is 6.00. The van der Waals surface area contributed by atoms with Gasteiger partial charge < -0.3 is 19.5 Å². The summed E-state index contributed by atoms with van der Waals surface area (Å²) in [6, 6.07) is 9.17. The van der Waals surface area contributed by atoms with Gasteiger partial charge in [-0.3, -0.25) is 0 Å². The standard InChI is InChI=1S/C26H28ClFN4O4S/c1-5-12-35-24(33)22-15(3)29-25-30-26(37-6-2)31-32(25)23(22)16-10-11-20(21(13-16)34-4)36-14-17-18(27)8-7-9-19(17)28/h7-11,13,23H,5-6,12,14H2,1-4H3,(H,29,30,31). The molecule has 11 heteroatoms. The third kappa shape index (κ3) is 5.70. The van der Waals surface area contributed by atoms with E-state index in [2.05, 4.69) is 15.4 Å². The number of hydrogen-bond acceptors (Lipinski definition) is 8. The molecule has 1 aromatic heterocycles. The van der Waals surface area contributed by atoms with E-state index in [0.29, 0.717) is 46.9 Å². The number of carbonyl (C=O) groups is 1. The monoisotopic (exact) mass is 546 g/mol. The maximum Gasteiger partial charge on any atom is 0.338 e. The first-order chi connectivity index (χ1) is 17.9. The van der Waals surface area contributed by atoms with Crippen LogP contribution in [0.25, 0.3) is 0 Å². The Hall–Kier alpha value is -3.24. The Morgan fingerprint density at radius 2 is 2.05 bits per heavy atom. The summed E-state index contributed by atoms with van der Waals surface area (Å²) < 4.78 is 32.9. The first-order valence-corrected chi connectivity index (χ1v) is 13.2. The zero-order valence-corrected chi connectivity index (χ0v) is 22.6. The maximum atomic E-state index is 14.2. The van der Waals surface area contributed by atoms with E-state index in [9.17, 15) is 9.18 Å². The number of nitrogens with one attached hydrogen (secondary N) is 1. The number of ether oxygens (including phenoxy) is 3. The maximum absolute atomic E-state index is 14.2. The Kier molecular flexibility index (Phi) is 8.60. The molecule has 1 N–H and O–H groups in total. The van der Waals surface area contributed by atoms with Gasteiger partial charge in [0.2, 0.25) is 11.1 Å². The molecule has 0 bridgehead atoms. The first-order valence-electron chi connectivity index (χ1n) is 11.9. The molecule has 196 valence electrons. The summed E-state index contributed by atoms with van der Waals surface area (Å²) in [4.78, 5) is 17.7. The number of hydrogen-bond donors (Lipinski definition) is 1. The molecule has 2 heterocycles. The van der Waals surface area contributed by atoms with Crippen molar-refractivity contribution in [3.05, 3.63) is 69.6 Å². The van der Waals surface area contributed by atoms with E-state index in [-0.39, 0.29) is 17.2 Å². The molecule has 0 saturated heterocycles. The van der Waals surface area contributed by atoms with Crippen molar-refractivity contribution in [3.8, 4) is 11.5 Å². The fourth-order valence-corrected chi connectivity index (χ4v) is 4.73. The second-order valence-electron chi connectivity index (χ2n) is 8.20. The first kappa shape index (κ1) is 26.8. The molecule has 0 fully saturated rings. The van der Waals surface area contributed by atoms with E-state index in [1.54, 1.807) is 22.9 Å². The fraction of sp³-hybridized carbons (Fsp3) is 0.346. The number of allylic oxidation sites excluding steroid dienone is 1. The largest absolute Gasteiger partial charge is 0.493 e. The van der Waals surface area contributed by atoms with E-state index < -0.39 is 17.8 Å². The highest BCUT2D eigenvalue weighted by molar-refractivity contribution is 7.99. The van der Waals surface area contributed by atoms with Gasteiger partial charge in [0, 0.05) is 11.3 Å². The number of benzene rings is 2. The molecule has 4 rings (SSSR count). The van der Waals surface area contributed by atoms with Crippen LogP contribution in [0.1, 0.15) is 44.4 Å². The van der Waals surface area contributed by atoms with Crippen LogP contribution >= 0.6 is 23.4 Å². The number of rotatable bonds is 10. The van der Waals surface area contributed by atoms with Crippen LogP contribution in [0.5, 0.6) is 11.5 Å². The molecule has 37 heavy (non-hydrogen) atoms. The second kappa shape index (κ2) is 11.9. The second-order valence-corrected chi connectivity index (χ2v) is 9.84. The molecule has 1 aliphatic rings. The quantitative estimate of drug-likeness (QED) is 0.244. The lowest BCUT2D eigenvalue weighted by Gasteiger charge is -2.28. The van der Waals surface area contributed by atoms with E-state index in [4.69, 9.17) is 25.8 Å². The number of aromatic nitrogens is 3. The number of anilines is 1. The van der Waals surface area contributed by atoms with Gasteiger partial charge >= 0.3 is 5.97 Å². The average Bonchev–Trinajstić information content (AvgIpc) is 3.28. The molecular formula is C26H28ClFN4O4S. The molecular weight excluding hydrogens is 519 g/mol. The van der Waals surface area contributed by atoms with E-state index >= 15 is 0 Å². The third-order valence-corrected chi connectivity index (χ3v) is 6.77. The van der Waals surface area contributed by atoms with Gasteiger partial charge in [-0.2, -0.15) is 4.98 Å². The fourth-order valence-electron chi connectivity index (χ4n) is 3.96. The van der Waals surface area contributed by atoms with Crippen molar-refractivity contribution < 1.29 is 23.4 Å². The van der Waals surface area contributed by atoms with Gasteiger partial charge in [0.25, 0.3) is 0 Å². The van der Waals surface area contributed by atoms with Crippen LogP contribution in [-0.2, 0) is 16.1 Å². The van der Waals surface area contributed by atoms with Crippen molar-refractivity contribution in [2.45, 2.75) is 45.0 Å². The summed E-state index contributed by atoms with van der Waals surface area (Å²) in [7, 11) is 1.51. The highest BCUT2D eigenvalue weighted by atomic mass is 35.5. The summed E-state index contributed by atoms with van der Waals surface area (Å²) in [5, 5.41) is 8.72. The van der Waals surface area contributed by atoms with Gasteiger partial charge in [0.05, 0.1) is 24.3 Å². The molecule has 3 aromatic rings. The predicted octanol–water partition coefficient (Wildman–Crippen LogP) is 6.01. The van der Waals surface area contributed by atoms with Crippen LogP contribution in [0.2, 0.25) is 5.02 Å². The van der Waals surface area contributed by atoms with Gasteiger partial charge in [0.1, 0.15) is 18.5 Å². The minimum Gasteiger partial charge on any atom is -0.493 e. The van der Waals surface area contributed by atoms with Gasteiger partial charge in [0.15, 0.2) is 11.5 Å². The topological polar surface area (TPSA) is 87.5 Å². The molecule has 1 unspecified atom stereocenters. The Morgan fingerprint density at radius 3 is 2.76 bits per heavy atom. The lowest BCUT2D eigenvalue weighted by molar-refractivity contribution is -0.139. The van der Waals surface area contributed by atoms with Gasteiger partial charge in [-0.25, -0.2) is 13.9 Å². The van der Waals surface area contributed by atoms with E-state index in [1.165, 1.54) is 31.0 Å². The lowest BCUT2D eigenvalue weighted by Crippen LogP contribution is -2.29. The summed E-state index contributed by atoms with van der Waals surface area (Å²) in [5.74, 6) is 1.25. The molecule has 1 aliphatic heterocycles. The molecule has 0 spiro atoms. The number of carbonyl (C=O) groups excluding carboxylic acids is 1. The smallest absolute Gasteiger partial charge is 0.338 e. The zero-order valence-electron chi connectivity index (χ0n) is 21.0. The number of methoxy groups -OCH3 is 1. The van der Waals surface area contributed by atoms with Crippen molar-refractivity contribution in [1.29, 1.82) is 0 Å². The molecule has 8 nitrogen and oxygen atoms in total. The Bertz CT molecular complexity index is 1310. The Morgan fingerprint density at radius 1 is 1.24 bits per heavy atom. The number of thioether (sulfide) groups is 1. The van der Waals surface area contributed by atoms with Crippen molar-refractivity contribution in [1.82, 2.24) is 14.8 Å². The normalized spacial score (nSPS) is 14.7. The predicted molar refractivity (Wildman–Crippen MR) is 141 cm³/mol. The lowest BCUT2D eigenvalue weighted by atomic mass is 9.95. The summed E-state index contributed by atoms with van der Waals surface area (Å²) in [6.07, 6.45) is 0.702. The minimum atomic E-state index is -0.608. The SMILES string of the molecule is CCCOC(=O)C1=C(C)Nc2nc(SCC)nn2C1c1ccc(OCc2c(F)cccc2Cl)c(OC)c1. The number of halogens is 2. The third-order valence-electron chi connectivity index (χ3n) is 5.70. The van der Waals surface area contributed by atoms with Crippen molar-refractivity contribution in [2.24, 2.45) is 0 Å². The minimum absolute atomic E-state index is 0.0764. The summed E-state index contributed by atoms with van der Waals surface area (Å²) in [5.41, 5.74) is 2.03. The van der Waals surface area contributed by atoms with Crippen molar-refractivity contribution in [3.63, 3.8) is 0 Å². The van der Waals surface area contributed by atoms with Gasteiger partial charge in [-0.05, 0) is 48.9 Å². The molecule has 0 aliphatic carbocycles. The molecule has 2 aromatic carbocycles. The zero-order chi connectivity index (χ0) is 26.5. The van der Waals surface area contributed by atoms with Crippen LogP contribution in [0.4, 0.5) is 10.3 Å². The van der Waals surface area contributed by atoms with Crippen LogP contribution < -0.4 is 14.8 Å². The molecule has 0 amide bonds. The number of nitrogens with zero attached hydrogens (tertiary/aromatic N) is 3. The summed E-state index contributed by atoms with van der Waals surface area (Å²) >= 11 is 7.64. The Balaban J connectivity index is 1.72. The molecule has 1 atom stereocenters. The number of esters is 1. The van der Waals surface area contributed by atoms with Crippen molar-refractivity contribution >= 4 is 35.3 Å². The Labute approximate surface area is 224 Å². The van der Waals surface area contributed by atoms with Crippen molar-refractivity contribution in [2.75, 3.05) is 24.8 Å². The van der Waals surface area contributed by atoms with E-state index in [0.717, 1.165) is 11.3 Å². The van der Waals surface area contributed by atoms with Crippen LogP contribution in [-0.4, -0.2) is 40.2 Å². The van der Waals surface area contributed by atoms with Gasteiger partial charge in [-0.1, -0.05) is 49.3 Å². The molecule has 0 radical (unpaired) electrons. The van der Waals surface area contributed by atoms with Crippen LogP contribution in [0, 0.1) is 5.82 Å². The highest BCUT2D eigenvalue weighted by Crippen LogP contribution is 2.40. The average molecular weight is 547 g/mol. The van der Waals surface area contributed by atoms with Crippen LogP contribution in [0.3, 0.4) is 0 Å². The number of fused-ring (bicyclic) bond motifs is 1.